The zero-order valence-corrected chi connectivity index (χ0v) is 13.5. The van der Waals surface area contributed by atoms with E-state index in [1.54, 1.807) is 0 Å². The second-order valence-corrected chi connectivity index (χ2v) is 5.55. The molecule has 0 saturated heterocycles. The number of amides is 2. The van der Waals surface area contributed by atoms with E-state index in [0.717, 1.165) is 36.1 Å². The number of para-hydroxylation sites is 1. The van der Waals surface area contributed by atoms with Crippen LogP contribution in [0.5, 0.6) is 0 Å². The summed E-state index contributed by atoms with van der Waals surface area (Å²) in [5, 5.41) is 5.43. The highest BCUT2D eigenvalue weighted by atomic mass is 16.2. The molecule has 1 aromatic carbocycles. The molecule has 21 heavy (non-hydrogen) atoms. The highest BCUT2D eigenvalue weighted by Crippen LogP contribution is 2.22. The van der Waals surface area contributed by atoms with Crippen LogP contribution in [-0.4, -0.2) is 18.4 Å². The summed E-state index contributed by atoms with van der Waals surface area (Å²) in [6, 6.07) is 5.94. The highest BCUT2D eigenvalue weighted by molar-refractivity contribution is 6.39. The van der Waals surface area contributed by atoms with Gasteiger partial charge < -0.3 is 10.6 Å². The molecule has 2 N–H and O–H groups in total. The van der Waals surface area contributed by atoms with Crippen LogP contribution >= 0.6 is 0 Å². The maximum Gasteiger partial charge on any atom is 0.313 e. The average Bonchev–Trinajstić information content (AvgIpc) is 2.46. The molecule has 0 atom stereocenters. The van der Waals surface area contributed by atoms with Crippen LogP contribution in [0.15, 0.2) is 18.2 Å². The Morgan fingerprint density at radius 1 is 1.05 bits per heavy atom. The van der Waals surface area contributed by atoms with Crippen molar-refractivity contribution in [1.29, 1.82) is 0 Å². The zero-order valence-electron chi connectivity index (χ0n) is 13.5. The van der Waals surface area contributed by atoms with Gasteiger partial charge in [0, 0.05) is 12.2 Å². The molecular formula is C17H26N2O2. The molecule has 1 rings (SSSR count). The van der Waals surface area contributed by atoms with E-state index in [-0.39, 0.29) is 0 Å². The van der Waals surface area contributed by atoms with E-state index in [0.29, 0.717) is 12.5 Å². The third-order valence-electron chi connectivity index (χ3n) is 3.45. The van der Waals surface area contributed by atoms with Crippen molar-refractivity contribution in [1.82, 2.24) is 5.32 Å². The molecule has 4 heteroatoms. The Bertz CT molecular complexity index is 473. The fraction of sp³-hybridized carbons (Fsp3) is 0.529. The van der Waals surface area contributed by atoms with Crippen molar-refractivity contribution in [2.24, 2.45) is 5.92 Å². The van der Waals surface area contributed by atoms with E-state index in [1.165, 1.54) is 0 Å². The molecule has 0 aliphatic rings. The van der Waals surface area contributed by atoms with Crippen LogP contribution in [0, 0.1) is 5.92 Å². The van der Waals surface area contributed by atoms with Gasteiger partial charge in [-0.05, 0) is 36.3 Å². The van der Waals surface area contributed by atoms with Crippen molar-refractivity contribution in [2.45, 2.75) is 47.0 Å². The molecule has 0 saturated carbocycles. The predicted molar refractivity (Wildman–Crippen MR) is 86.3 cm³/mol. The van der Waals surface area contributed by atoms with Crippen LogP contribution in [0.3, 0.4) is 0 Å². The molecule has 2 amide bonds. The summed E-state index contributed by atoms with van der Waals surface area (Å²) < 4.78 is 0. The van der Waals surface area contributed by atoms with E-state index < -0.39 is 11.8 Å². The Kier molecular flexibility index (Phi) is 6.92. The molecular weight excluding hydrogens is 264 g/mol. The number of nitrogens with one attached hydrogen (secondary N) is 2. The summed E-state index contributed by atoms with van der Waals surface area (Å²) in [7, 11) is 0. The third-order valence-corrected chi connectivity index (χ3v) is 3.45. The molecule has 0 aromatic heterocycles. The number of hydrogen-bond donors (Lipinski definition) is 2. The van der Waals surface area contributed by atoms with Crippen molar-refractivity contribution >= 4 is 17.5 Å². The highest BCUT2D eigenvalue weighted by Gasteiger charge is 2.16. The maximum absolute atomic E-state index is 12.0. The predicted octanol–water partition coefficient (Wildman–Crippen LogP) is 2.91. The Balaban J connectivity index is 2.72. The molecule has 0 aliphatic heterocycles. The lowest BCUT2D eigenvalue weighted by molar-refractivity contribution is -0.136. The number of anilines is 1. The van der Waals surface area contributed by atoms with E-state index in [4.69, 9.17) is 0 Å². The molecule has 116 valence electrons. The monoisotopic (exact) mass is 290 g/mol. The smallest absolute Gasteiger partial charge is 0.313 e. The number of aryl methyl sites for hydroxylation is 2. The summed E-state index contributed by atoms with van der Waals surface area (Å²) >= 11 is 0. The van der Waals surface area contributed by atoms with E-state index in [2.05, 4.69) is 24.5 Å². The van der Waals surface area contributed by atoms with Crippen molar-refractivity contribution in [2.75, 3.05) is 11.9 Å². The molecule has 0 fully saturated rings. The molecule has 0 aliphatic carbocycles. The second-order valence-electron chi connectivity index (χ2n) is 5.55. The fourth-order valence-corrected chi connectivity index (χ4v) is 2.13. The lowest BCUT2D eigenvalue weighted by Gasteiger charge is -2.14. The van der Waals surface area contributed by atoms with Gasteiger partial charge in [-0.3, -0.25) is 9.59 Å². The summed E-state index contributed by atoms with van der Waals surface area (Å²) in [6.07, 6.45) is 2.50. The van der Waals surface area contributed by atoms with Gasteiger partial charge in [0.2, 0.25) is 0 Å². The minimum Gasteiger partial charge on any atom is -0.348 e. The third kappa shape index (κ3) is 5.21. The minimum atomic E-state index is -0.589. The van der Waals surface area contributed by atoms with E-state index >= 15 is 0 Å². The van der Waals surface area contributed by atoms with E-state index in [1.807, 2.05) is 32.0 Å². The van der Waals surface area contributed by atoms with Crippen molar-refractivity contribution < 1.29 is 9.59 Å². The SMILES string of the molecule is CCc1cccc(CC)c1NC(=O)C(=O)NCCC(C)C. The van der Waals surface area contributed by atoms with Gasteiger partial charge in [0.05, 0.1) is 0 Å². The summed E-state index contributed by atoms with van der Waals surface area (Å²) in [5.74, 6) is -0.654. The summed E-state index contributed by atoms with van der Waals surface area (Å²) in [4.78, 5) is 23.8. The Labute approximate surface area is 127 Å². The topological polar surface area (TPSA) is 58.2 Å². The minimum absolute atomic E-state index is 0.501. The standard InChI is InChI=1S/C17H26N2O2/c1-5-13-8-7-9-14(6-2)15(13)19-17(21)16(20)18-11-10-12(3)4/h7-9,12H,5-6,10-11H2,1-4H3,(H,18,20)(H,19,21). The molecule has 0 unspecified atom stereocenters. The first-order valence-electron chi connectivity index (χ1n) is 7.69. The zero-order chi connectivity index (χ0) is 15.8. The quantitative estimate of drug-likeness (QED) is 0.791. The molecule has 4 nitrogen and oxygen atoms in total. The van der Waals surface area contributed by atoms with Gasteiger partial charge in [-0.1, -0.05) is 45.9 Å². The molecule has 0 heterocycles. The molecule has 0 radical (unpaired) electrons. The van der Waals surface area contributed by atoms with Gasteiger partial charge in [-0.2, -0.15) is 0 Å². The van der Waals surface area contributed by atoms with Crippen molar-refractivity contribution in [3.8, 4) is 0 Å². The van der Waals surface area contributed by atoms with Crippen LogP contribution in [0.1, 0.15) is 45.2 Å². The first-order chi connectivity index (χ1) is 9.99. The van der Waals surface area contributed by atoms with Crippen LogP contribution in [0.2, 0.25) is 0 Å². The van der Waals surface area contributed by atoms with Gasteiger partial charge in [-0.15, -0.1) is 0 Å². The molecule has 0 bridgehead atoms. The first kappa shape index (κ1) is 17.2. The van der Waals surface area contributed by atoms with Gasteiger partial charge in [0.15, 0.2) is 0 Å². The van der Waals surface area contributed by atoms with Gasteiger partial charge in [0.1, 0.15) is 0 Å². The Morgan fingerprint density at radius 3 is 2.10 bits per heavy atom. The van der Waals surface area contributed by atoms with Crippen molar-refractivity contribution in [3.05, 3.63) is 29.3 Å². The van der Waals surface area contributed by atoms with E-state index in [9.17, 15) is 9.59 Å². The van der Waals surface area contributed by atoms with Gasteiger partial charge >= 0.3 is 11.8 Å². The molecule has 0 spiro atoms. The number of carbonyl (C=O) groups excluding carboxylic acids is 2. The van der Waals surface area contributed by atoms with Crippen LogP contribution in [0.4, 0.5) is 5.69 Å². The maximum atomic E-state index is 12.0. The number of carbonyl (C=O) groups is 2. The van der Waals surface area contributed by atoms with Crippen LogP contribution < -0.4 is 10.6 Å². The fourth-order valence-electron chi connectivity index (χ4n) is 2.13. The lowest BCUT2D eigenvalue weighted by Crippen LogP contribution is -2.36. The normalized spacial score (nSPS) is 10.5. The second kappa shape index (κ2) is 8.45. The first-order valence-corrected chi connectivity index (χ1v) is 7.69. The Hall–Kier alpha value is -1.84. The average molecular weight is 290 g/mol. The lowest BCUT2D eigenvalue weighted by atomic mass is 10.0. The molecule has 1 aromatic rings. The largest absolute Gasteiger partial charge is 0.348 e. The van der Waals surface area contributed by atoms with Crippen LogP contribution in [0.25, 0.3) is 0 Å². The Morgan fingerprint density at radius 2 is 1.62 bits per heavy atom. The van der Waals surface area contributed by atoms with Crippen LogP contribution in [-0.2, 0) is 22.4 Å². The van der Waals surface area contributed by atoms with Crippen molar-refractivity contribution in [3.63, 3.8) is 0 Å². The summed E-state index contributed by atoms with van der Waals surface area (Å²) in [5.41, 5.74) is 2.89. The summed E-state index contributed by atoms with van der Waals surface area (Å²) in [6.45, 7) is 8.76. The number of rotatable bonds is 6. The number of hydrogen-bond acceptors (Lipinski definition) is 2. The van der Waals surface area contributed by atoms with Gasteiger partial charge in [-0.25, -0.2) is 0 Å². The van der Waals surface area contributed by atoms with Gasteiger partial charge in [0.25, 0.3) is 0 Å². The number of benzene rings is 1.